The summed E-state index contributed by atoms with van der Waals surface area (Å²) in [4.78, 5) is 24.1. The fraction of sp³-hybridized carbons (Fsp3) is 0.500. The van der Waals surface area contributed by atoms with Crippen molar-refractivity contribution in [3.05, 3.63) is 34.0 Å². The van der Waals surface area contributed by atoms with Gasteiger partial charge in [-0.1, -0.05) is 17.7 Å². The number of hydrogen-bond donors (Lipinski definition) is 3. The second kappa shape index (κ2) is 8.70. The molecule has 1 heterocycles. The first-order chi connectivity index (χ1) is 10.7. The van der Waals surface area contributed by atoms with E-state index in [2.05, 4.69) is 16.7 Å². The van der Waals surface area contributed by atoms with Gasteiger partial charge in [0.1, 0.15) is 6.10 Å². The zero-order chi connectivity index (χ0) is 15.8. The Balaban J connectivity index is 1.64. The van der Waals surface area contributed by atoms with Gasteiger partial charge >= 0.3 is 11.8 Å². The molecule has 0 spiro atoms. The van der Waals surface area contributed by atoms with Crippen molar-refractivity contribution in [1.82, 2.24) is 10.6 Å². The molecule has 1 aromatic heterocycles. The molecule has 120 valence electrons. The Labute approximate surface area is 134 Å². The van der Waals surface area contributed by atoms with Crippen molar-refractivity contribution in [2.24, 2.45) is 0 Å². The smallest absolute Gasteiger partial charge is 0.309 e. The van der Waals surface area contributed by atoms with Gasteiger partial charge in [0.25, 0.3) is 0 Å². The highest BCUT2D eigenvalue weighted by Crippen LogP contribution is 2.19. The summed E-state index contributed by atoms with van der Waals surface area (Å²) in [6, 6.07) is 3.62. The van der Waals surface area contributed by atoms with Crippen LogP contribution in [-0.2, 0) is 9.59 Å². The summed E-state index contributed by atoms with van der Waals surface area (Å²) in [6.45, 7) is 0.517. The lowest BCUT2D eigenvalue weighted by Crippen LogP contribution is -2.41. The third-order valence-electron chi connectivity index (χ3n) is 3.65. The van der Waals surface area contributed by atoms with E-state index in [1.54, 1.807) is 6.07 Å². The molecule has 2 amide bonds. The van der Waals surface area contributed by atoms with Gasteiger partial charge in [0.2, 0.25) is 0 Å². The Hall–Kier alpha value is -1.66. The third-order valence-corrected chi connectivity index (χ3v) is 4.62. The van der Waals surface area contributed by atoms with Crippen LogP contribution in [0.4, 0.5) is 0 Å². The van der Waals surface area contributed by atoms with Crippen LogP contribution in [0.3, 0.4) is 0 Å². The third kappa shape index (κ3) is 5.27. The summed E-state index contributed by atoms with van der Waals surface area (Å²) < 4.78 is 0. The van der Waals surface area contributed by atoms with Gasteiger partial charge in [-0.3, -0.25) is 9.59 Å². The molecule has 5 nitrogen and oxygen atoms in total. The highest BCUT2D eigenvalue weighted by Gasteiger charge is 2.16. The number of aliphatic hydroxyl groups excluding tert-OH is 1. The molecule has 0 saturated carbocycles. The Morgan fingerprint density at radius 3 is 2.77 bits per heavy atom. The van der Waals surface area contributed by atoms with Crippen LogP contribution in [0, 0.1) is 0 Å². The van der Waals surface area contributed by atoms with E-state index in [0.717, 1.165) is 24.1 Å². The Bertz CT molecular complexity index is 526. The molecule has 1 aliphatic rings. The van der Waals surface area contributed by atoms with Crippen molar-refractivity contribution >= 4 is 23.2 Å². The second-order valence-corrected chi connectivity index (χ2v) is 6.33. The van der Waals surface area contributed by atoms with Crippen LogP contribution in [0.1, 0.15) is 43.1 Å². The van der Waals surface area contributed by atoms with E-state index >= 15 is 0 Å². The highest BCUT2D eigenvalue weighted by atomic mass is 32.1. The van der Waals surface area contributed by atoms with Gasteiger partial charge in [-0.05, 0) is 43.6 Å². The minimum absolute atomic E-state index is 0.0396. The Morgan fingerprint density at radius 2 is 2.09 bits per heavy atom. The van der Waals surface area contributed by atoms with Crippen LogP contribution < -0.4 is 10.6 Å². The van der Waals surface area contributed by atoms with Gasteiger partial charge in [0, 0.05) is 18.0 Å². The molecule has 1 unspecified atom stereocenters. The highest BCUT2D eigenvalue weighted by molar-refractivity contribution is 7.10. The molecule has 22 heavy (non-hydrogen) atoms. The number of amides is 2. The molecule has 0 saturated heterocycles. The maximum Gasteiger partial charge on any atom is 0.309 e. The van der Waals surface area contributed by atoms with Gasteiger partial charge in [-0.2, -0.15) is 0 Å². The van der Waals surface area contributed by atoms with Crippen molar-refractivity contribution in [3.8, 4) is 0 Å². The number of rotatable bonds is 6. The monoisotopic (exact) mass is 322 g/mol. The lowest BCUT2D eigenvalue weighted by Gasteiger charge is -2.13. The SMILES string of the molecule is O=C(NCCC1=CCCCC1)C(=O)NCC(O)c1cccs1. The van der Waals surface area contributed by atoms with Crippen LogP contribution in [0.5, 0.6) is 0 Å². The quantitative estimate of drug-likeness (QED) is 0.553. The molecule has 1 aliphatic carbocycles. The fourth-order valence-corrected chi connectivity index (χ4v) is 3.11. The first-order valence-corrected chi connectivity index (χ1v) is 8.50. The standard InChI is InChI=1S/C16H22N2O3S/c19-13(14-7-4-10-22-14)11-18-16(21)15(20)17-9-8-12-5-2-1-3-6-12/h4-5,7,10,13,19H,1-3,6,8-9,11H2,(H,17,20)(H,18,21). The lowest BCUT2D eigenvalue weighted by atomic mass is 9.97. The van der Waals surface area contributed by atoms with E-state index in [1.807, 2.05) is 11.4 Å². The molecule has 2 rings (SSSR count). The van der Waals surface area contributed by atoms with E-state index in [9.17, 15) is 14.7 Å². The molecule has 1 aromatic rings. The van der Waals surface area contributed by atoms with Gasteiger partial charge in [-0.25, -0.2) is 0 Å². The number of thiophene rings is 1. The molecule has 1 atom stereocenters. The zero-order valence-corrected chi connectivity index (χ0v) is 13.3. The summed E-state index contributed by atoms with van der Waals surface area (Å²) in [7, 11) is 0. The summed E-state index contributed by atoms with van der Waals surface area (Å²) in [5.74, 6) is -1.34. The van der Waals surface area contributed by atoms with Crippen LogP contribution in [0.2, 0.25) is 0 Å². The van der Waals surface area contributed by atoms with Crippen LogP contribution >= 0.6 is 11.3 Å². The molecule has 0 bridgehead atoms. The first-order valence-electron chi connectivity index (χ1n) is 7.62. The minimum Gasteiger partial charge on any atom is -0.386 e. The minimum atomic E-state index is -0.774. The van der Waals surface area contributed by atoms with Gasteiger partial charge < -0.3 is 15.7 Å². The Morgan fingerprint density at radius 1 is 1.27 bits per heavy atom. The number of aliphatic hydroxyl groups is 1. The molecular formula is C16H22N2O3S. The first kappa shape index (κ1) is 16.7. The maximum absolute atomic E-state index is 11.7. The van der Waals surface area contributed by atoms with Crippen molar-refractivity contribution in [2.75, 3.05) is 13.1 Å². The molecule has 3 N–H and O–H groups in total. The summed E-state index contributed by atoms with van der Waals surface area (Å²) in [6.07, 6.45) is 6.92. The number of hydrogen-bond acceptors (Lipinski definition) is 4. The summed E-state index contributed by atoms with van der Waals surface area (Å²) in [5, 5.41) is 16.8. The number of carbonyl (C=O) groups is 2. The van der Waals surface area contributed by atoms with Crippen LogP contribution in [-0.4, -0.2) is 30.0 Å². The molecule has 0 radical (unpaired) electrons. The van der Waals surface area contributed by atoms with E-state index < -0.39 is 17.9 Å². The molecular weight excluding hydrogens is 300 g/mol. The molecule has 6 heteroatoms. The van der Waals surface area contributed by atoms with Gasteiger partial charge in [0.05, 0.1) is 0 Å². The summed E-state index contributed by atoms with van der Waals surface area (Å²) >= 11 is 1.41. The maximum atomic E-state index is 11.7. The van der Waals surface area contributed by atoms with Gasteiger partial charge in [-0.15, -0.1) is 11.3 Å². The number of carbonyl (C=O) groups excluding carboxylic acids is 2. The topological polar surface area (TPSA) is 78.4 Å². The fourth-order valence-electron chi connectivity index (χ4n) is 2.40. The summed E-state index contributed by atoms with van der Waals surface area (Å²) in [5.41, 5.74) is 1.36. The van der Waals surface area contributed by atoms with Crippen LogP contribution in [0.25, 0.3) is 0 Å². The predicted molar refractivity (Wildman–Crippen MR) is 86.5 cm³/mol. The number of nitrogens with one attached hydrogen (secondary N) is 2. The molecule has 0 aliphatic heterocycles. The van der Waals surface area contributed by atoms with Crippen molar-refractivity contribution in [3.63, 3.8) is 0 Å². The Kier molecular flexibility index (Phi) is 6.61. The van der Waals surface area contributed by atoms with Crippen molar-refractivity contribution in [1.29, 1.82) is 0 Å². The molecule has 0 aromatic carbocycles. The van der Waals surface area contributed by atoms with E-state index in [4.69, 9.17) is 0 Å². The van der Waals surface area contributed by atoms with E-state index in [-0.39, 0.29) is 6.54 Å². The number of allylic oxidation sites excluding steroid dienone is 1. The molecule has 0 fully saturated rings. The lowest BCUT2D eigenvalue weighted by molar-refractivity contribution is -0.139. The average molecular weight is 322 g/mol. The largest absolute Gasteiger partial charge is 0.386 e. The zero-order valence-electron chi connectivity index (χ0n) is 12.5. The average Bonchev–Trinajstić information content (AvgIpc) is 3.07. The second-order valence-electron chi connectivity index (χ2n) is 5.36. The van der Waals surface area contributed by atoms with E-state index in [0.29, 0.717) is 6.54 Å². The normalized spacial score (nSPS) is 15.8. The van der Waals surface area contributed by atoms with E-state index in [1.165, 1.54) is 29.8 Å². The van der Waals surface area contributed by atoms with Crippen LogP contribution in [0.15, 0.2) is 29.2 Å². The van der Waals surface area contributed by atoms with Gasteiger partial charge in [0.15, 0.2) is 0 Å². The van der Waals surface area contributed by atoms with Crippen molar-refractivity contribution < 1.29 is 14.7 Å². The van der Waals surface area contributed by atoms with Crippen molar-refractivity contribution in [2.45, 2.75) is 38.2 Å². The predicted octanol–water partition coefficient (Wildman–Crippen LogP) is 1.90.